The van der Waals surface area contributed by atoms with Crippen molar-refractivity contribution in [3.8, 4) is 5.75 Å². The minimum absolute atomic E-state index is 0.00778. The fourth-order valence-electron chi connectivity index (χ4n) is 1.57. The largest absolute Gasteiger partial charge is 0.495 e. The van der Waals surface area contributed by atoms with Gasteiger partial charge in [0.05, 0.1) is 23.6 Å². The summed E-state index contributed by atoms with van der Waals surface area (Å²) < 4.78 is 43.1. The monoisotopic (exact) mass is 341 g/mol. The van der Waals surface area contributed by atoms with E-state index in [4.69, 9.17) is 15.6 Å². The highest BCUT2D eigenvalue weighted by Gasteiger charge is 2.33. The van der Waals surface area contributed by atoms with Crippen molar-refractivity contribution in [2.45, 2.75) is 18.6 Å². The van der Waals surface area contributed by atoms with E-state index in [1.807, 2.05) is 0 Å². The zero-order chi connectivity index (χ0) is 14.8. The van der Waals surface area contributed by atoms with Gasteiger partial charge >= 0.3 is 12.1 Å². The predicted molar refractivity (Wildman–Crippen MR) is 64.9 cm³/mol. The second kappa shape index (κ2) is 5.79. The maximum absolute atomic E-state index is 12.7. The van der Waals surface area contributed by atoms with Crippen LogP contribution >= 0.6 is 15.9 Å². The van der Waals surface area contributed by atoms with Gasteiger partial charge in [-0.05, 0) is 28.1 Å². The summed E-state index contributed by atoms with van der Waals surface area (Å²) in [4.78, 5) is 10.6. The molecule has 1 atom stereocenters. The highest BCUT2D eigenvalue weighted by molar-refractivity contribution is 9.10. The number of rotatable bonds is 4. The van der Waals surface area contributed by atoms with Crippen molar-refractivity contribution in [3.05, 3.63) is 27.7 Å². The molecule has 0 saturated carbocycles. The first-order valence-corrected chi connectivity index (χ1v) is 5.88. The maximum atomic E-state index is 12.7. The number of ether oxygens (including phenoxy) is 1. The number of carboxylic acid groups (broad SMARTS) is 1. The maximum Gasteiger partial charge on any atom is 0.416 e. The molecule has 106 valence electrons. The molecule has 0 radical (unpaired) electrons. The van der Waals surface area contributed by atoms with E-state index < -0.39 is 30.2 Å². The average Bonchev–Trinajstić information content (AvgIpc) is 2.25. The van der Waals surface area contributed by atoms with Gasteiger partial charge in [-0.2, -0.15) is 13.2 Å². The molecule has 0 fully saturated rings. The molecule has 3 N–H and O–H groups in total. The van der Waals surface area contributed by atoms with Crippen LogP contribution in [-0.2, 0) is 11.0 Å². The van der Waals surface area contributed by atoms with E-state index in [-0.39, 0.29) is 15.8 Å². The first-order valence-electron chi connectivity index (χ1n) is 5.08. The van der Waals surface area contributed by atoms with Gasteiger partial charge in [-0.3, -0.25) is 4.79 Å². The molecule has 1 unspecified atom stereocenters. The molecule has 0 saturated heterocycles. The Bertz CT molecular complexity index is 491. The van der Waals surface area contributed by atoms with Crippen LogP contribution in [0.3, 0.4) is 0 Å². The molecule has 0 aromatic heterocycles. The number of methoxy groups -OCH3 is 1. The van der Waals surface area contributed by atoms with Gasteiger partial charge < -0.3 is 15.6 Å². The Labute approximate surface area is 115 Å². The molecule has 0 spiro atoms. The normalized spacial score (nSPS) is 13.2. The van der Waals surface area contributed by atoms with Crippen LogP contribution in [-0.4, -0.2) is 18.2 Å². The van der Waals surface area contributed by atoms with Crippen molar-refractivity contribution in [2.24, 2.45) is 5.73 Å². The van der Waals surface area contributed by atoms with E-state index in [0.717, 1.165) is 12.1 Å². The molecular formula is C11H11BrF3NO3. The quantitative estimate of drug-likeness (QED) is 0.883. The fourth-order valence-corrected chi connectivity index (χ4v) is 2.20. The van der Waals surface area contributed by atoms with Crippen LogP contribution in [0.2, 0.25) is 0 Å². The SMILES string of the molecule is COc1c(Br)cc(C(F)(F)F)cc1C(N)CC(=O)O. The minimum atomic E-state index is -4.55. The molecule has 19 heavy (non-hydrogen) atoms. The first kappa shape index (κ1) is 15.8. The van der Waals surface area contributed by atoms with E-state index in [9.17, 15) is 18.0 Å². The summed E-state index contributed by atoms with van der Waals surface area (Å²) in [5.74, 6) is -1.11. The lowest BCUT2D eigenvalue weighted by Crippen LogP contribution is -2.17. The van der Waals surface area contributed by atoms with Gasteiger partial charge in [0.25, 0.3) is 0 Å². The number of aliphatic carboxylic acids is 1. The van der Waals surface area contributed by atoms with Crippen molar-refractivity contribution < 1.29 is 27.8 Å². The highest BCUT2D eigenvalue weighted by Crippen LogP contribution is 2.39. The standard InChI is InChI=1S/C11H11BrF3NO3/c1-19-10-6(8(16)4-9(17)18)2-5(3-7(10)12)11(13,14)15/h2-3,8H,4,16H2,1H3,(H,17,18). The molecule has 4 nitrogen and oxygen atoms in total. The van der Waals surface area contributed by atoms with Crippen LogP contribution in [0.1, 0.15) is 23.6 Å². The summed E-state index contributed by atoms with van der Waals surface area (Å²) in [6.45, 7) is 0. The average molecular weight is 342 g/mol. The number of halogens is 4. The zero-order valence-corrected chi connectivity index (χ0v) is 11.4. The van der Waals surface area contributed by atoms with Crippen molar-refractivity contribution in [3.63, 3.8) is 0 Å². The Morgan fingerprint density at radius 1 is 1.53 bits per heavy atom. The van der Waals surface area contributed by atoms with E-state index in [2.05, 4.69) is 15.9 Å². The van der Waals surface area contributed by atoms with E-state index in [1.165, 1.54) is 7.11 Å². The molecule has 1 rings (SSSR count). The van der Waals surface area contributed by atoms with Gasteiger partial charge in [0.2, 0.25) is 0 Å². The molecule has 0 aliphatic rings. The summed E-state index contributed by atoms with van der Waals surface area (Å²) in [6.07, 6.45) is -5.05. The van der Waals surface area contributed by atoms with Crippen molar-refractivity contribution >= 4 is 21.9 Å². The third kappa shape index (κ3) is 3.84. The first-order chi connectivity index (χ1) is 8.66. The summed E-state index contributed by atoms with van der Waals surface area (Å²) >= 11 is 2.96. The van der Waals surface area contributed by atoms with E-state index >= 15 is 0 Å². The number of hydrogen-bond donors (Lipinski definition) is 2. The lowest BCUT2D eigenvalue weighted by atomic mass is 10.0. The molecular weight excluding hydrogens is 331 g/mol. The second-order valence-electron chi connectivity index (χ2n) is 3.78. The molecule has 1 aromatic rings. The van der Waals surface area contributed by atoms with Crippen LogP contribution in [0.15, 0.2) is 16.6 Å². The Morgan fingerprint density at radius 2 is 2.11 bits per heavy atom. The molecule has 0 bridgehead atoms. The van der Waals surface area contributed by atoms with Gasteiger partial charge in [0, 0.05) is 11.6 Å². The van der Waals surface area contributed by atoms with Gasteiger partial charge in [-0.1, -0.05) is 0 Å². The Hall–Kier alpha value is -1.28. The number of benzene rings is 1. The lowest BCUT2D eigenvalue weighted by molar-refractivity contribution is -0.138. The molecule has 0 heterocycles. The topological polar surface area (TPSA) is 72.5 Å². The third-order valence-electron chi connectivity index (χ3n) is 2.40. The number of alkyl halides is 3. The zero-order valence-electron chi connectivity index (χ0n) is 9.79. The van der Waals surface area contributed by atoms with Crippen LogP contribution in [0.5, 0.6) is 5.75 Å². The summed E-state index contributed by atoms with van der Waals surface area (Å²) in [5, 5.41) is 8.65. The third-order valence-corrected chi connectivity index (χ3v) is 2.99. The van der Waals surface area contributed by atoms with Crippen molar-refractivity contribution in [1.82, 2.24) is 0 Å². The number of carbonyl (C=O) groups is 1. The summed E-state index contributed by atoms with van der Waals surface area (Å²) in [5.41, 5.74) is 4.68. The van der Waals surface area contributed by atoms with Crippen molar-refractivity contribution in [2.75, 3.05) is 7.11 Å². The summed E-state index contributed by atoms with van der Waals surface area (Å²) in [6, 6.07) is 0.568. The number of nitrogens with two attached hydrogens (primary N) is 1. The van der Waals surface area contributed by atoms with Crippen LogP contribution in [0.4, 0.5) is 13.2 Å². The smallest absolute Gasteiger partial charge is 0.416 e. The van der Waals surface area contributed by atoms with Crippen LogP contribution in [0.25, 0.3) is 0 Å². The Morgan fingerprint density at radius 3 is 2.53 bits per heavy atom. The highest BCUT2D eigenvalue weighted by atomic mass is 79.9. The Kier molecular flexibility index (Phi) is 4.81. The molecule has 0 aliphatic carbocycles. The second-order valence-corrected chi connectivity index (χ2v) is 4.64. The lowest BCUT2D eigenvalue weighted by Gasteiger charge is -2.18. The molecule has 8 heteroatoms. The van der Waals surface area contributed by atoms with Crippen molar-refractivity contribution in [1.29, 1.82) is 0 Å². The van der Waals surface area contributed by atoms with Gasteiger partial charge in [-0.15, -0.1) is 0 Å². The number of carboxylic acids is 1. The number of hydrogen-bond acceptors (Lipinski definition) is 3. The van der Waals surface area contributed by atoms with Gasteiger partial charge in [-0.25, -0.2) is 0 Å². The molecule has 0 amide bonds. The van der Waals surface area contributed by atoms with Crippen LogP contribution in [0, 0.1) is 0 Å². The van der Waals surface area contributed by atoms with Gasteiger partial charge in [0.1, 0.15) is 5.75 Å². The predicted octanol–water partition coefficient (Wildman–Crippen LogP) is 2.95. The van der Waals surface area contributed by atoms with E-state index in [1.54, 1.807) is 0 Å². The van der Waals surface area contributed by atoms with E-state index in [0.29, 0.717) is 0 Å². The van der Waals surface area contributed by atoms with Gasteiger partial charge in [0.15, 0.2) is 0 Å². The van der Waals surface area contributed by atoms with Crippen LogP contribution < -0.4 is 10.5 Å². The molecule has 1 aromatic carbocycles. The molecule has 0 aliphatic heterocycles. The summed E-state index contributed by atoms with van der Waals surface area (Å²) in [7, 11) is 1.27. The fraction of sp³-hybridized carbons (Fsp3) is 0.364. The Balaban J connectivity index is 3.34. The minimum Gasteiger partial charge on any atom is -0.495 e.